The third-order valence-electron chi connectivity index (χ3n) is 4.33. The molecule has 0 aromatic heterocycles. The predicted octanol–water partition coefficient (Wildman–Crippen LogP) is 2.97. The van der Waals surface area contributed by atoms with Crippen molar-refractivity contribution in [3.63, 3.8) is 0 Å². The van der Waals surface area contributed by atoms with Crippen LogP contribution in [0.2, 0.25) is 0 Å². The standard InChI is InChI=1S/C19H24N2O3S.ClH/c20-11-5-12-21(15-16-6-2-1-3-7-16)25(22,23)18-9-10-19-17(14-18)8-4-13-24-19;/h1-3,6-7,9-10,14H,4-5,8,11-13,15,20H2;1H. The maximum absolute atomic E-state index is 13.2. The van der Waals surface area contributed by atoms with Crippen LogP contribution in [0.1, 0.15) is 24.0 Å². The number of halogens is 1. The number of nitrogens with two attached hydrogens (primary N) is 1. The zero-order valence-electron chi connectivity index (χ0n) is 14.6. The largest absolute Gasteiger partial charge is 0.493 e. The van der Waals surface area contributed by atoms with Gasteiger partial charge >= 0.3 is 0 Å². The summed E-state index contributed by atoms with van der Waals surface area (Å²) in [4.78, 5) is 0.324. The molecule has 1 aliphatic rings. The summed E-state index contributed by atoms with van der Waals surface area (Å²) in [5.74, 6) is 0.793. The Morgan fingerprint density at radius 1 is 1.12 bits per heavy atom. The lowest BCUT2D eigenvalue weighted by Gasteiger charge is -2.24. The Hall–Kier alpha value is -1.60. The highest BCUT2D eigenvalue weighted by molar-refractivity contribution is 7.89. The molecule has 3 rings (SSSR count). The summed E-state index contributed by atoms with van der Waals surface area (Å²) in [7, 11) is -3.58. The zero-order valence-corrected chi connectivity index (χ0v) is 16.3. The number of benzene rings is 2. The summed E-state index contributed by atoms with van der Waals surface area (Å²) < 4.78 is 33.4. The Bertz CT molecular complexity index is 813. The van der Waals surface area contributed by atoms with Crippen LogP contribution in [0.4, 0.5) is 0 Å². The van der Waals surface area contributed by atoms with Crippen LogP contribution in [-0.2, 0) is 23.0 Å². The van der Waals surface area contributed by atoms with E-state index in [0.717, 1.165) is 29.7 Å². The number of fused-ring (bicyclic) bond motifs is 1. The van der Waals surface area contributed by atoms with E-state index in [-0.39, 0.29) is 12.4 Å². The molecule has 7 heteroatoms. The molecule has 2 N–H and O–H groups in total. The van der Waals surface area contributed by atoms with Crippen molar-refractivity contribution in [1.82, 2.24) is 4.31 Å². The fraction of sp³-hybridized carbons (Fsp3) is 0.368. The molecule has 142 valence electrons. The van der Waals surface area contributed by atoms with Gasteiger partial charge in [0, 0.05) is 13.1 Å². The van der Waals surface area contributed by atoms with Gasteiger partial charge in [0.2, 0.25) is 10.0 Å². The van der Waals surface area contributed by atoms with Crippen LogP contribution in [0.5, 0.6) is 5.75 Å². The minimum atomic E-state index is -3.58. The monoisotopic (exact) mass is 396 g/mol. The van der Waals surface area contributed by atoms with Crippen molar-refractivity contribution in [2.24, 2.45) is 5.73 Å². The lowest BCUT2D eigenvalue weighted by molar-refractivity contribution is 0.288. The molecule has 0 saturated heterocycles. The molecular formula is C19H25ClN2O3S. The predicted molar refractivity (Wildman–Crippen MR) is 105 cm³/mol. The Morgan fingerprint density at radius 2 is 1.88 bits per heavy atom. The number of aryl methyl sites for hydroxylation is 1. The van der Waals surface area contributed by atoms with Gasteiger partial charge < -0.3 is 10.5 Å². The van der Waals surface area contributed by atoms with E-state index in [1.54, 1.807) is 18.2 Å². The maximum atomic E-state index is 13.2. The van der Waals surface area contributed by atoms with Gasteiger partial charge in [-0.1, -0.05) is 30.3 Å². The van der Waals surface area contributed by atoms with Crippen LogP contribution in [-0.4, -0.2) is 32.4 Å². The molecular weight excluding hydrogens is 372 g/mol. The Labute approximate surface area is 161 Å². The lowest BCUT2D eigenvalue weighted by atomic mass is 10.1. The minimum Gasteiger partial charge on any atom is -0.493 e. The number of hydrogen-bond donors (Lipinski definition) is 1. The first-order valence-corrected chi connectivity index (χ1v) is 10.0. The van der Waals surface area contributed by atoms with E-state index in [1.165, 1.54) is 4.31 Å². The van der Waals surface area contributed by atoms with Crippen molar-refractivity contribution in [1.29, 1.82) is 0 Å². The third-order valence-corrected chi connectivity index (χ3v) is 6.17. The summed E-state index contributed by atoms with van der Waals surface area (Å²) in [6.07, 6.45) is 2.39. The van der Waals surface area contributed by atoms with Crippen LogP contribution in [0.3, 0.4) is 0 Å². The zero-order chi connectivity index (χ0) is 17.7. The fourth-order valence-corrected chi connectivity index (χ4v) is 4.50. The first kappa shape index (κ1) is 20.7. The second-order valence-electron chi connectivity index (χ2n) is 6.19. The second kappa shape index (κ2) is 9.37. The molecule has 2 aromatic rings. The number of ether oxygens (including phenoxy) is 1. The molecule has 5 nitrogen and oxygen atoms in total. The molecule has 2 aromatic carbocycles. The van der Waals surface area contributed by atoms with Gasteiger partial charge in [0.25, 0.3) is 0 Å². The van der Waals surface area contributed by atoms with E-state index in [0.29, 0.717) is 37.6 Å². The van der Waals surface area contributed by atoms with Crippen LogP contribution in [0.25, 0.3) is 0 Å². The summed E-state index contributed by atoms with van der Waals surface area (Å²) >= 11 is 0. The fourth-order valence-electron chi connectivity index (χ4n) is 2.99. The molecule has 0 spiro atoms. The Balaban J connectivity index is 0.00000243. The van der Waals surface area contributed by atoms with E-state index < -0.39 is 10.0 Å². The normalized spacial score (nSPS) is 13.6. The molecule has 0 radical (unpaired) electrons. The molecule has 0 unspecified atom stereocenters. The highest BCUT2D eigenvalue weighted by Gasteiger charge is 2.25. The van der Waals surface area contributed by atoms with Gasteiger partial charge in [-0.25, -0.2) is 8.42 Å². The number of hydrogen-bond acceptors (Lipinski definition) is 4. The molecule has 0 fully saturated rings. The summed E-state index contributed by atoms with van der Waals surface area (Å²) in [6, 6.07) is 14.8. The highest BCUT2D eigenvalue weighted by Crippen LogP contribution is 2.29. The van der Waals surface area contributed by atoms with Gasteiger partial charge in [0.1, 0.15) is 5.75 Å². The van der Waals surface area contributed by atoms with Gasteiger partial charge in [-0.2, -0.15) is 4.31 Å². The average Bonchev–Trinajstić information content (AvgIpc) is 2.65. The van der Waals surface area contributed by atoms with E-state index in [2.05, 4.69) is 0 Å². The first-order valence-electron chi connectivity index (χ1n) is 8.61. The topological polar surface area (TPSA) is 72.6 Å². The van der Waals surface area contributed by atoms with E-state index in [4.69, 9.17) is 10.5 Å². The molecule has 1 aliphatic heterocycles. The van der Waals surface area contributed by atoms with Crippen molar-refractivity contribution < 1.29 is 13.2 Å². The van der Waals surface area contributed by atoms with E-state index >= 15 is 0 Å². The molecule has 0 bridgehead atoms. The molecule has 0 aliphatic carbocycles. The smallest absolute Gasteiger partial charge is 0.243 e. The molecule has 1 heterocycles. The summed E-state index contributed by atoms with van der Waals surface area (Å²) in [5, 5.41) is 0. The van der Waals surface area contributed by atoms with Crippen LogP contribution < -0.4 is 10.5 Å². The Kier molecular flexibility index (Phi) is 7.46. The molecule has 26 heavy (non-hydrogen) atoms. The van der Waals surface area contributed by atoms with Gasteiger partial charge in [0.15, 0.2) is 0 Å². The summed E-state index contributed by atoms with van der Waals surface area (Å²) in [6.45, 7) is 1.90. The SMILES string of the molecule is Cl.NCCCN(Cc1ccccc1)S(=O)(=O)c1ccc2c(c1)CCCO2. The van der Waals surface area contributed by atoms with Crippen LogP contribution in [0, 0.1) is 0 Å². The van der Waals surface area contributed by atoms with Crippen LogP contribution in [0.15, 0.2) is 53.4 Å². The number of rotatable bonds is 7. The van der Waals surface area contributed by atoms with E-state index in [1.807, 2.05) is 30.3 Å². The van der Waals surface area contributed by atoms with Gasteiger partial charge in [0.05, 0.1) is 11.5 Å². The minimum absolute atomic E-state index is 0. The van der Waals surface area contributed by atoms with Gasteiger partial charge in [-0.05, 0) is 55.1 Å². The van der Waals surface area contributed by atoms with Crippen LogP contribution >= 0.6 is 12.4 Å². The molecule has 0 amide bonds. The Morgan fingerprint density at radius 3 is 2.62 bits per heavy atom. The lowest BCUT2D eigenvalue weighted by Crippen LogP contribution is -2.32. The van der Waals surface area contributed by atoms with Crippen molar-refractivity contribution >= 4 is 22.4 Å². The van der Waals surface area contributed by atoms with Crippen molar-refractivity contribution in [3.05, 3.63) is 59.7 Å². The van der Waals surface area contributed by atoms with Crippen molar-refractivity contribution in [2.45, 2.75) is 30.7 Å². The number of nitrogens with zero attached hydrogens (tertiary/aromatic N) is 1. The first-order chi connectivity index (χ1) is 12.1. The van der Waals surface area contributed by atoms with Crippen molar-refractivity contribution in [3.8, 4) is 5.75 Å². The summed E-state index contributed by atoms with van der Waals surface area (Å²) in [5.41, 5.74) is 7.53. The van der Waals surface area contributed by atoms with E-state index in [9.17, 15) is 8.42 Å². The molecule has 0 saturated carbocycles. The van der Waals surface area contributed by atoms with Gasteiger partial charge in [-0.3, -0.25) is 0 Å². The second-order valence-corrected chi connectivity index (χ2v) is 8.13. The van der Waals surface area contributed by atoms with Gasteiger partial charge in [-0.15, -0.1) is 12.4 Å². The number of sulfonamides is 1. The molecule has 0 atom stereocenters. The average molecular weight is 397 g/mol. The highest BCUT2D eigenvalue weighted by atomic mass is 35.5. The van der Waals surface area contributed by atoms with Crippen molar-refractivity contribution in [2.75, 3.05) is 19.7 Å². The third kappa shape index (κ3) is 4.76. The maximum Gasteiger partial charge on any atom is 0.243 e. The quantitative estimate of drug-likeness (QED) is 0.780.